The molecule has 0 unspecified atom stereocenters. The van der Waals surface area contributed by atoms with E-state index in [9.17, 15) is 23.3 Å². The third-order valence-corrected chi connectivity index (χ3v) is 3.09. The zero-order valence-electron chi connectivity index (χ0n) is 10.5. The molecule has 1 aromatic carbocycles. The number of nitrogens with one attached hydrogen (secondary N) is 1. The maximum atomic E-state index is 11.8. The van der Waals surface area contributed by atoms with Gasteiger partial charge in [0.2, 0.25) is 10.0 Å². The molecule has 0 heterocycles. The van der Waals surface area contributed by atoms with E-state index in [4.69, 9.17) is 9.88 Å². The fourth-order valence-corrected chi connectivity index (χ4v) is 1.77. The van der Waals surface area contributed by atoms with Crippen LogP contribution in [0.4, 0.5) is 5.69 Å². The van der Waals surface area contributed by atoms with Crippen molar-refractivity contribution in [1.82, 2.24) is 5.32 Å². The van der Waals surface area contributed by atoms with Crippen molar-refractivity contribution in [3.63, 3.8) is 0 Å². The first-order valence-electron chi connectivity index (χ1n) is 5.35. The Morgan fingerprint density at radius 3 is 2.65 bits per heavy atom. The molecule has 0 fully saturated rings. The number of carbonyl (C=O) groups is 1. The quantitative estimate of drug-likeness (QED) is 0.542. The number of rotatable bonds is 6. The number of primary sulfonamides is 1. The molecule has 0 radical (unpaired) electrons. The molecule has 1 amide bonds. The molecule has 110 valence electrons. The van der Waals surface area contributed by atoms with Gasteiger partial charge in [0.05, 0.1) is 29.4 Å². The highest BCUT2D eigenvalue weighted by Gasteiger charge is 2.16. The first kappa shape index (κ1) is 15.9. The van der Waals surface area contributed by atoms with E-state index in [-0.39, 0.29) is 23.5 Å². The topological polar surface area (TPSA) is 142 Å². The summed E-state index contributed by atoms with van der Waals surface area (Å²) in [5.74, 6) is -0.999. The van der Waals surface area contributed by atoms with Crippen LogP contribution in [0.15, 0.2) is 18.2 Å². The van der Waals surface area contributed by atoms with Gasteiger partial charge in [0.15, 0.2) is 0 Å². The molecule has 0 aromatic heterocycles. The predicted molar refractivity (Wildman–Crippen MR) is 70.0 cm³/mol. The third-order valence-electron chi connectivity index (χ3n) is 2.31. The monoisotopic (exact) mass is 303 g/mol. The summed E-state index contributed by atoms with van der Waals surface area (Å²) in [4.78, 5) is 21.8. The summed E-state index contributed by atoms with van der Waals surface area (Å²) in [7, 11) is -2.41. The summed E-state index contributed by atoms with van der Waals surface area (Å²) in [5.41, 5.74) is -0.157. The Balaban J connectivity index is 2.85. The molecular weight excluding hydrogens is 290 g/mol. The number of hydrogen-bond donors (Lipinski definition) is 2. The maximum Gasteiger partial charge on any atom is 0.273 e. The number of sulfonamides is 1. The number of methoxy groups -OCH3 is 1. The van der Waals surface area contributed by atoms with Gasteiger partial charge in [-0.1, -0.05) is 0 Å². The van der Waals surface area contributed by atoms with E-state index < -0.39 is 26.6 Å². The van der Waals surface area contributed by atoms with Crippen LogP contribution in [0.2, 0.25) is 0 Å². The summed E-state index contributed by atoms with van der Waals surface area (Å²) >= 11 is 0. The first-order chi connectivity index (χ1) is 9.24. The zero-order valence-corrected chi connectivity index (χ0v) is 11.3. The van der Waals surface area contributed by atoms with Crippen LogP contribution in [0.1, 0.15) is 10.4 Å². The second kappa shape index (κ2) is 6.30. The Bertz CT molecular complexity index is 628. The molecule has 0 saturated heterocycles. The fourth-order valence-electron chi connectivity index (χ4n) is 1.38. The normalized spacial score (nSPS) is 10.9. The van der Waals surface area contributed by atoms with Crippen LogP contribution < -0.4 is 15.2 Å². The number of carbonyl (C=O) groups excluding carboxylic acids is 1. The Morgan fingerprint density at radius 2 is 2.15 bits per heavy atom. The fraction of sp³-hybridized carbons (Fsp3) is 0.300. The summed E-state index contributed by atoms with van der Waals surface area (Å²) < 4.78 is 26.3. The highest BCUT2D eigenvalue weighted by atomic mass is 32.2. The van der Waals surface area contributed by atoms with Crippen LogP contribution in [0, 0.1) is 10.1 Å². The van der Waals surface area contributed by atoms with E-state index >= 15 is 0 Å². The number of nitrogens with two attached hydrogens (primary N) is 1. The summed E-state index contributed by atoms with van der Waals surface area (Å²) in [6.07, 6.45) is 0. The average molecular weight is 303 g/mol. The molecule has 9 nitrogen and oxygen atoms in total. The maximum absolute atomic E-state index is 11.8. The molecule has 0 spiro atoms. The van der Waals surface area contributed by atoms with Crippen molar-refractivity contribution < 1.29 is 22.9 Å². The van der Waals surface area contributed by atoms with Gasteiger partial charge in [-0.3, -0.25) is 14.9 Å². The highest BCUT2D eigenvalue weighted by Crippen LogP contribution is 2.24. The van der Waals surface area contributed by atoms with Crippen LogP contribution in [0.3, 0.4) is 0 Å². The number of non-ortho nitro benzene ring substituents is 1. The lowest BCUT2D eigenvalue weighted by atomic mass is 10.1. The molecule has 0 bridgehead atoms. The SMILES string of the molecule is COc1cc([N+](=O)[O-])ccc1C(=O)NCCS(N)(=O)=O. The Morgan fingerprint density at radius 1 is 1.50 bits per heavy atom. The molecule has 20 heavy (non-hydrogen) atoms. The minimum Gasteiger partial charge on any atom is -0.496 e. The van der Waals surface area contributed by atoms with E-state index in [2.05, 4.69) is 5.32 Å². The lowest BCUT2D eigenvalue weighted by Gasteiger charge is -2.08. The second-order valence-electron chi connectivity index (χ2n) is 3.76. The van der Waals surface area contributed by atoms with Gasteiger partial charge in [-0.25, -0.2) is 13.6 Å². The minimum absolute atomic E-state index is 0.0207. The van der Waals surface area contributed by atoms with Crippen LogP contribution in [0.25, 0.3) is 0 Å². The van der Waals surface area contributed by atoms with Crippen LogP contribution in [-0.4, -0.2) is 38.7 Å². The van der Waals surface area contributed by atoms with Crippen molar-refractivity contribution in [2.45, 2.75) is 0 Å². The molecule has 0 aliphatic rings. The zero-order chi connectivity index (χ0) is 15.3. The van der Waals surface area contributed by atoms with Crippen molar-refractivity contribution in [1.29, 1.82) is 0 Å². The number of nitro benzene ring substituents is 1. The Kier molecular flexibility index (Phi) is 5.00. The largest absolute Gasteiger partial charge is 0.496 e. The van der Waals surface area contributed by atoms with E-state index in [1.165, 1.54) is 13.2 Å². The molecule has 0 aliphatic heterocycles. The smallest absolute Gasteiger partial charge is 0.273 e. The van der Waals surface area contributed by atoms with E-state index in [1.54, 1.807) is 0 Å². The summed E-state index contributed by atoms with van der Waals surface area (Å²) in [6, 6.07) is 3.48. The van der Waals surface area contributed by atoms with Crippen molar-refractivity contribution in [3.05, 3.63) is 33.9 Å². The van der Waals surface area contributed by atoms with E-state index in [0.29, 0.717) is 0 Å². The Hall–Kier alpha value is -2.20. The van der Waals surface area contributed by atoms with Gasteiger partial charge in [-0.15, -0.1) is 0 Å². The molecule has 10 heteroatoms. The van der Waals surface area contributed by atoms with Crippen molar-refractivity contribution in [2.75, 3.05) is 19.4 Å². The third kappa shape index (κ3) is 4.48. The van der Waals surface area contributed by atoms with Gasteiger partial charge in [0, 0.05) is 12.6 Å². The molecule has 0 atom stereocenters. The molecule has 3 N–H and O–H groups in total. The van der Waals surface area contributed by atoms with Gasteiger partial charge < -0.3 is 10.1 Å². The van der Waals surface area contributed by atoms with Gasteiger partial charge in [-0.05, 0) is 6.07 Å². The Labute approximate surface area is 114 Å². The van der Waals surface area contributed by atoms with E-state index in [0.717, 1.165) is 12.1 Å². The van der Waals surface area contributed by atoms with Crippen LogP contribution in [-0.2, 0) is 10.0 Å². The predicted octanol–water partition coefficient (Wildman–Crippen LogP) is -0.378. The number of amides is 1. The first-order valence-corrected chi connectivity index (χ1v) is 7.07. The van der Waals surface area contributed by atoms with Gasteiger partial charge in [0.1, 0.15) is 5.75 Å². The number of nitro groups is 1. The number of nitrogens with zero attached hydrogens (tertiary/aromatic N) is 1. The van der Waals surface area contributed by atoms with Crippen LogP contribution in [0.5, 0.6) is 5.75 Å². The van der Waals surface area contributed by atoms with Crippen molar-refractivity contribution in [2.24, 2.45) is 5.14 Å². The van der Waals surface area contributed by atoms with Gasteiger partial charge in [0.25, 0.3) is 11.6 Å². The highest BCUT2D eigenvalue weighted by molar-refractivity contribution is 7.89. The van der Waals surface area contributed by atoms with Gasteiger partial charge >= 0.3 is 0 Å². The number of ether oxygens (including phenoxy) is 1. The molecule has 1 aromatic rings. The second-order valence-corrected chi connectivity index (χ2v) is 5.50. The standard InChI is InChI=1S/C10H13N3O6S/c1-19-9-6-7(13(15)16)2-3-8(9)10(14)12-4-5-20(11,17)18/h2-3,6H,4-5H2,1H3,(H,12,14)(H2,11,17,18). The molecule has 0 aliphatic carbocycles. The lowest BCUT2D eigenvalue weighted by Crippen LogP contribution is -2.31. The van der Waals surface area contributed by atoms with Crippen molar-refractivity contribution >= 4 is 21.6 Å². The molecule has 1 rings (SSSR count). The summed E-state index contributed by atoms with van der Waals surface area (Å²) in [5, 5.41) is 17.7. The van der Waals surface area contributed by atoms with Gasteiger partial charge in [-0.2, -0.15) is 0 Å². The lowest BCUT2D eigenvalue weighted by molar-refractivity contribution is -0.384. The van der Waals surface area contributed by atoms with E-state index in [1.807, 2.05) is 0 Å². The molecular formula is C10H13N3O6S. The summed E-state index contributed by atoms with van der Waals surface area (Å²) in [6.45, 7) is -0.169. The molecule has 0 saturated carbocycles. The number of benzene rings is 1. The van der Waals surface area contributed by atoms with Crippen LogP contribution >= 0.6 is 0 Å². The number of hydrogen-bond acceptors (Lipinski definition) is 6. The average Bonchev–Trinajstić information content (AvgIpc) is 2.36. The van der Waals surface area contributed by atoms with Crippen molar-refractivity contribution in [3.8, 4) is 5.75 Å². The minimum atomic E-state index is -3.67.